The molecule has 0 fully saturated rings. The first kappa shape index (κ1) is 34.2. The zero-order valence-corrected chi connectivity index (χ0v) is 31.8. The Morgan fingerprint density at radius 1 is 0.475 bits per heavy atom. The van der Waals surface area contributed by atoms with Crippen molar-refractivity contribution in [2.24, 2.45) is 0 Å². The Labute approximate surface area is 341 Å². The fraction of sp³-hybridized carbons (Fsp3) is 0.0185. The molecule has 0 unspecified atom stereocenters. The normalized spacial score (nSPS) is 12.8. The average Bonchev–Trinajstić information content (AvgIpc) is 3.70. The van der Waals surface area contributed by atoms with Crippen molar-refractivity contribution in [1.29, 1.82) is 5.26 Å². The molecule has 2 aromatic heterocycles. The van der Waals surface area contributed by atoms with Crippen LogP contribution in [0.25, 0.3) is 55.8 Å². The second-order valence-electron chi connectivity index (χ2n) is 14.8. The van der Waals surface area contributed by atoms with Gasteiger partial charge in [-0.1, -0.05) is 164 Å². The van der Waals surface area contributed by atoms with E-state index >= 15 is 0 Å². The lowest BCUT2D eigenvalue weighted by Crippen LogP contribution is -2.37. The summed E-state index contributed by atoms with van der Waals surface area (Å²) in [5.41, 5.74) is 13.0. The van der Waals surface area contributed by atoms with Crippen LogP contribution in [-0.4, -0.2) is 9.97 Å². The van der Waals surface area contributed by atoms with Crippen LogP contribution in [0.15, 0.2) is 211 Å². The highest BCUT2D eigenvalue weighted by molar-refractivity contribution is 6.07. The maximum Gasteiger partial charge on any atom is 0.160 e. The quantitative estimate of drug-likeness (QED) is 0.169. The molecule has 0 radical (unpaired) electrons. The molecule has 0 atom stereocenters. The Morgan fingerprint density at radius 3 is 1.66 bits per heavy atom. The maximum absolute atomic E-state index is 10.6. The van der Waals surface area contributed by atoms with Crippen LogP contribution in [0, 0.1) is 11.3 Å². The fourth-order valence-corrected chi connectivity index (χ4v) is 9.04. The van der Waals surface area contributed by atoms with Crippen molar-refractivity contribution in [3.05, 3.63) is 234 Å². The standard InChI is InChI=1S/C54H34N4O/c55-35-36-31-39(53-56-47(37-17-4-1-5-18-37)34-48(57-53)38-19-6-2-7-20-38)33-41(32-36)58-49-28-13-11-25-44(49)54(40-21-8-3-9-22-40,45-26-12-14-29-50(45)58)46-27-16-24-43-42-23-10-15-30-51(42)59-52(43)46/h1-34H. The highest BCUT2D eigenvalue weighted by atomic mass is 16.3. The average molecular weight is 755 g/mol. The Balaban J connectivity index is 1.17. The molecule has 10 aromatic rings. The molecule has 0 saturated carbocycles. The number of furan rings is 1. The van der Waals surface area contributed by atoms with Crippen molar-refractivity contribution in [1.82, 2.24) is 9.97 Å². The molecule has 0 spiro atoms. The van der Waals surface area contributed by atoms with Crippen molar-refractivity contribution in [2.45, 2.75) is 5.41 Å². The molecule has 276 valence electrons. The SMILES string of the molecule is N#Cc1cc(-c2nc(-c3ccccc3)cc(-c3ccccc3)n2)cc(N2c3ccccc3C(c3ccccc3)(c3cccc4c3oc3ccccc34)c3ccccc32)c1. The number of hydrogen-bond donors (Lipinski definition) is 0. The third-order valence-electron chi connectivity index (χ3n) is 11.5. The van der Waals surface area contributed by atoms with Crippen LogP contribution in [-0.2, 0) is 5.41 Å². The molecule has 5 heteroatoms. The van der Waals surface area contributed by atoms with E-state index in [1.807, 2.05) is 66.7 Å². The van der Waals surface area contributed by atoms with Gasteiger partial charge in [0, 0.05) is 38.7 Å². The van der Waals surface area contributed by atoms with Gasteiger partial charge in [-0.3, -0.25) is 0 Å². The molecule has 0 amide bonds. The zero-order chi connectivity index (χ0) is 39.3. The molecule has 1 aliphatic rings. The highest BCUT2D eigenvalue weighted by Gasteiger charge is 2.48. The molecule has 0 bridgehead atoms. The molecular formula is C54H34N4O. The van der Waals surface area contributed by atoms with Gasteiger partial charge in [-0.25, -0.2) is 9.97 Å². The van der Waals surface area contributed by atoms with Gasteiger partial charge in [0.15, 0.2) is 5.82 Å². The summed E-state index contributed by atoms with van der Waals surface area (Å²) in [7, 11) is 0. The van der Waals surface area contributed by atoms with Gasteiger partial charge >= 0.3 is 0 Å². The van der Waals surface area contributed by atoms with Crippen LogP contribution in [0.5, 0.6) is 0 Å². The van der Waals surface area contributed by atoms with Crippen LogP contribution in [0.4, 0.5) is 17.1 Å². The molecule has 5 nitrogen and oxygen atoms in total. The number of para-hydroxylation sites is 4. The number of hydrogen-bond acceptors (Lipinski definition) is 5. The molecule has 0 aliphatic carbocycles. The monoisotopic (exact) mass is 754 g/mol. The number of fused-ring (bicyclic) bond motifs is 5. The van der Waals surface area contributed by atoms with Gasteiger partial charge in [-0.05, 0) is 59.2 Å². The first-order valence-corrected chi connectivity index (χ1v) is 19.7. The lowest BCUT2D eigenvalue weighted by molar-refractivity contribution is 0.643. The van der Waals surface area contributed by atoms with Crippen LogP contribution in [0.3, 0.4) is 0 Å². The van der Waals surface area contributed by atoms with Gasteiger partial charge in [-0.2, -0.15) is 5.26 Å². The summed E-state index contributed by atoms with van der Waals surface area (Å²) in [4.78, 5) is 12.6. The smallest absolute Gasteiger partial charge is 0.160 e. The Bertz CT molecular complexity index is 3130. The van der Waals surface area contributed by atoms with E-state index in [1.165, 1.54) is 0 Å². The van der Waals surface area contributed by atoms with Crippen LogP contribution in [0.2, 0.25) is 0 Å². The van der Waals surface area contributed by atoms with E-state index in [4.69, 9.17) is 14.4 Å². The second kappa shape index (κ2) is 13.8. The number of nitriles is 1. The van der Waals surface area contributed by atoms with E-state index in [-0.39, 0.29) is 0 Å². The summed E-state index contributed by atoms with van der Waals surface area (Å²) >= 11 is 0. The van der Waals surface area contributed by atoms with Gasteiger partial charge < -0.3 is 9.32 Å². The van der Waals surface area contributed by atoms with Crippen LogP contribution in [0.1, 0.15) is 27.8 Å². The largest absolute Gasteiger partial charge is 0.456 e. The molecule has 1 aliphatic heterocycles. The van der Waals surface area contributed by atoms with Gasteiger partial charge in [0.1, 0.15) is 11.2 Å². The van der Waals surface area contributed by atoms with E-state index in [1.54, 1.807) is 0 Å². The fourth-order valence-electron chi connectivity index (χ4n) is 9.04. The van der Waals surface area contributed by atoms with Crippen LogP contribution < -0.4 is 4.90 Å². The highest BCUT2D eigenvalue weighted by Crippen LogP contribution is 2.59. The van der Waals surface area contributed by atoms with E-state index in [2.05, 4.69) is 150 Å². The second-order valence-corrected chi connectivity index (χ2v) is 14.8. The molecule has 0 N–H and O–H groups in total. The summed E-state index contributed by atoms with van der Waals surface area (Å²) in [6.07, 6.45) is 0. The van der Waals surface area contributed by atoms with E-state index in [9.17, 15) is 5.26 Å². The molecule has 59 heavy (non-hydrogen) atoms. The topological polar surface area (TPSA) is 66.0 Å². The van der Waals surface area contributed by atoms with Crippen molar-refractivity contribution in [2.75, 3.05) is 4.90 Å². The number of nitrogens with zero attached hydrogens (tertiary/aromatic N) is 4. The molecule has 0 saturated heterocycles. The summed E-state index contributed by atoms with van der Waals surface area (Å²) in [5.74, 6) is 0.539. The molecule has 8 aromatic carbocycles. The lowest BCUT2D eigenvalue weighted by Gasteiger charge is -2.46. The summed E-state index contributed by atoms with van der Waals surface area (Å²) < 4.78 is 6.84. The molecule has 3 heterocycles. The predicted octanol–water partition coefficient (Wildman–Crippen LogP) is 13.4. The third-order valence-corrected chi connectivity index (χ3v) is 11.5. The zero-order valence-electron chi connectivity index (χ0n) is 31.8. The molecule has 11 rings (SSSR count). The van der Waals surface area contributed by atoms with Gasteiger partial charge in [0.25, 0.3) is 0 Å². The number of benzene rings is 8. The summed E-state index contributed by atoms with van der Waals surface area (Å²) in [6.45, 7) is 0. The minimum Gasteiger partial charge on any atom is -0.456 e. The Morgan fingerprint density at radius 2 is 1.02 bits per heavy atom. The van der Waals surface area contributed by atoms with Gasteiger partial charge in [0.05, 0.1) is 39.8 Å². The van der Waals surface area contributed by atoms with Gasteiger partial charge in [0.2, 0.25) is 0 Å². The molecular weight excluding hydrogens is 721 g/mol. The first-order valence-electron chi connectivity index (χ1n) is 19.7. The minimum absolute atomic E-state index is 0.509. The summed E-state index contributed by atoms with van der Waals surface area (Å²) in [6, 6.07) is 73.6. The first-order chi connectivity index (χ1) is 29.2. The van der Waals surface area contributed by atoms with Crippen molar-refractivity contribution in [3.63, 3.8) is 0 Å². The lowest BCUT2D eigenvalue weighted by atomic mass is 9.62. The van der Waals surface area contributed by atoms with E-state index < -0.39 is 5.41 Å². The Kier molecular flexibility index (Phi) is 8.02. The number of rotatable bonds is 6. The van der Waals surface area contributed by atoms with Crippen molar-refractivity contribution < 1.29 is 4.42 Å². The maximum atomic E-state index is 10.6. The Hall–Kier alpha value is -8.07. The van der Waals surface area contributed by atoms with Gasteiger partial charge in [-0.15, -0.1) is 0 Å². The number of anilines is 3. The van der Waals surface area contributed by atoms with Crippen LogP contribution >= 0.6 is 0 Å². The third kappa shape index (κ3) is 5.46. The van der Waals surface area contributed by atoms with Crippen molar-refractivity contribution in [3.8, 4) is 40.0 Å². The minimum atomic E-state index is -0.772. The van der Waals surface area contributed by atoms with Crippen molar-refractivity contribution >= 4 is 39.0 Å². The predicted molar refractivity (Wildman–Crippen MR) is 237 cm³/mol. The van der Waals surface area contributed by atoms with E-state index in [0.29, 0.717) is 11.4 Å². The summed E-state index contributed by atoms with van der Waals surface area (Å²) in [5, 5.41) is 12.8. The van der Waals surface area contributed by atoms with E-state index in [0.717, 1.165) is 89.3 Å². The number of aromatic nitrogens is 2.